The number of aromatic nitrogens is 1. The van der Waals surface area contributed by atoms with Crippen molar-refractivity contribution in [3.8, 4) is 11.5 Å². The maximum atomic E-state index is 10.5. The summed E-state index contributed by atoms with van der Waals surface area (Å²) in [5.41, 5.74) is -0.131. The minimum atomic E-state index is -1.32. The van der Waals surface area contributed by atoms with Crippen LogP contribution < -0.4 is 9.84 Å². The van der Waals surface area contributed by atoms with Crippen LogP contribution in [0, 0.1) is 0 Å². The smallest absolute Gasteiger partial charge is 0.543 e. The first-order valence-corrected chi connectivity index (χ1v) is 5.14. The van der Waals surface area contributed by atoms with Crippen LogP contribution in [0.1, 0.15) is 10.5 Å². The topological polar surface area (TPSA) is 62.2 Å². The summed E-state index contributed by atoms with van der Waals surface area (Å²) < 4.78 is 5.43. The number of carbonyl (C=O) groups is 1. The zero-order valence-electron chi connectivity index (χ0n) is 9.30. The SMILES string of the molecule is O=C([O-])c1ccc(Oc2ccc(Cl)cc2)cn1.[Ca+2]. The number of carbonyl (C=O) groups excluding carboxylic acids is 1. The van der Waals surface area contributed by atoms with Crippen LogP contribution in [-0.2, 0) is 0 Å². The first kappa shape index (κ1) is 15.2. The van der Waals surface area contributed by atoms with Gasteiger partial charge in [0.1, 0.15) is 11.5 Å². The Hall–Kier alpha value is -0.810. The molecule has 1 aromatic heterocycles. The molecule has 18 heavy (non-hydrogen) atoms. The molecule has 0 fully saturated rings. The van der Waals surface area contributed by atoms with Crippen LogP contribution in [0.5, 0.6) is 11.5 Å². The largest absolute Gasteiger partial charge is 2.00 e. The van der Waals surface area contributed by atoms with Crippen molar-refractivity contribution in [3.63, 3.8) is 0 Å². The normalized spacial score (nSPS) is 9.39. The Bertz CT molecular complexity index is 528. The Morgan fingerprint density at radius 3 is 2.22 bits per heavy atom. The van der Waals surface area contributed by atoms with Crippen LogP contribution >= 0.6 is 11.6 Å². The fraction of sp³-hybridized carbons (Fsp3) is 0. The molecule has 1 aromatic carbocycles. The van der Waals surface area contributed by atoms with Gasteiger partial charge in [-0.3, -0.25) is 4.98 Å². The van der Waals surface area contributed by atoms with Crippen molar-refractivity contribution < 1.29 is 14.6 Å². The van der Waals surface area contributed by atoms with E-state index in [9.17, 15) is 9.90 Å². The summed E-state index contributed by atoms with van der Waals surface area (Å²) in [5, 5.41) is 11.1. The van der Waals surface area contributed by atoms with Crippen molar-refractivity contribution >= 4 is 55.3 Å². The van der Waals surface area contributed by atoms with Gasteiger partial charge in [-0.05, 0) is 36.4 Å². The molecule has 0 bridgehead atoms. The van der Waals surface area contributed by atoms with Crippen LogP contribution in [0.2, 0.25) is 5.02 Å². The van der Waals surface area contributed by atoms with Crippen molar-refractivity contribution in [1.82, 2.24) is 4.98 Å². The predicted octanol–water partition coefficient (Wildman–Crippen LogP) is 1.51. The monoisotopic (exact) mass is 288 g/mol. The molecule has 0 aliphatic carbocycles. The quantitative estimate of drug-likeness (QED) is 0.803. The van der Waals surface area contributed by atoms with E-state index in [2.05, 4.69) is 4.98 Å². The molecule has 0 saturated heterocycles. The number of hydrogen-bond acceptors (Lipinski definition) is 4. The van der Waals surface area contributed by atoms with Gasteiger partial charge in [0, 0.05) is 5.02 Å². The van der Waals surface area contributed by atoms with Crippen LogP contribution in [0.15, 0.2) is 42.6 Å². The Balaban J connectivity index is 0.00000162. The van der Waals surface area contributed by atoms with Crippen molar-refractivity contribution in [2.75, 3.05) is 0 Å². The van der Waals surface area contributed by atoms with Gasteiger partial charge in [0.05, 0.1) is 17.9 Å². The van der Waals surface area contributed by atoms with Crippen LogP contribution in [-0.4, -0.2) is 48.7 Å². The number of pyridine rings is 1. The summed E-state index contributed by atoms with van der Waals surface area (Å²) in [6.07, 6.45) is 1.32. The maximum Gasteiger partial charge on any atom is 2.00 e. The predicted molar refractivity (Wildman–Crippen MR) is 65.8 cm³/mol. The minimum absolute atomic E-state index is 0. The van der Waals surface area contributed by atoms with E-state index in [0.717, 1.165) is 0 Å². The second kappa shape index (κ2) is 6.95. The molecule has 2 aromatic rings. The number of rotatable bonds is 3. The summed E-state index contributed by atoms with van der Waals surface area (Å²) >= 11 is 5.73. The first-order chi connectivity index (χ1) is 8.15. The van der Waals surface area contributed by atoms with Gasteiger partial charge in [0.25, 0.3) is 0 Å². The average Bonchev–Trinajstić information content (AvgIpc) is 2.33. The Kier molecular flexibility index (Phi) is 5.88. The third-order valence-corrected chi connectivity index (χ3v) is 2.25. The van der Waals surface area contributed by atoms with E-state index in [-0.39, 0.29) is 43.4 Å². The van der Waals surface area contributed by atoms with Gasteiger partial charge in [-0.1, -0.05) is 11.6 Å². The van der Waals surface area contributed by atoms with Gasteiger partial charge < -0.3 is 14.6 Å². The summed E-state index contributed by atoms with van der Waals surface area (Å²) in [5.74, 6) is -0.280. The Labute approximate surface area is 139 Å². The fourth-order valence-electron chi connectivity index (χ4n) is 1.20. The molecule has 0 spiro atoms. The van der Waals surface area contributed by atoms with Crippen LogP contribution in [0.3, 0.4) is 0 Å². The van der Waals surface area contributed by atoms with E-state index in [1.807, 2.05) is 0 Å². The van der Waals surface area contributed by atoms with E-state index in [1.54, 1.807) is 24.3 Å². The number of hydrogen-bond donors (Lipinski definition) is 0. The molecule has 0 amide bonds. The number of aromatic carboxylic acids is 1. The van der Waals surface area contributed by atoms with Crippen LogP contribution in [0.4, 0.5) is 0 Å². The third kappa shape index (κ3) is 4.14. The standard InChI is InChI=1S/C12H8ClNO3.Ca/c13-8-1-3-9(4-2-8)17-10-5-6-11(12(15)16)14-7-10;/h1-7H,(H,15,16);/q;+2/p-1. The zero-order valence-corrected chi connectivity index (χ0v) is 12.3. The van der Waals surface area contributed by atoms with Gasteiger partial charge in [-0.15, -0.1) is 0 Å². The number of ether oxygens (including phenoxy) is 1. The molecule has 0 saturated carbocycles. The Morgan fingerprint density at radius 1 is 1.11 bits per heavy atom. The molecule has 0 aliphatic heterocycles. The molecule has 0 N–H and O–H groups in total. The number of carboxylic acids is 1. The second-order valence-corrected chi connectivity index (χ2v) is 3.66. The number of nitrogens with zero attached hydrogens (tertiary/aromatic N) is 1. The summed E-state index contributed by atoms with van der Waals surface area (Å²) in [6, 6.07) is 9.62. The number of benzene rings is 1. The molecule has 0 aliphatic rings. The molecule has 0 radical (unpaired) electrons. The van der Waals surface area contributed by atoms with Gasteiger partial charge in [0.2, 0.25) is 0 Å². The Morgan fingerprint density at radius 2 is 1.72 bits per heavy atom. The number of carboxylic acid groups (broad SMARTS) is 1. The van der Waals surface area contributed by atoms with E-state index >= 15 is 0 Å². The zero-order chi connectivity index (χ0) is 12.3. The van der Waals surface area contributed by atoms with E-state index in [1.165, 1.54) is 18.3 Å². The molecule has 6 heteroatoms. The first-order valence-electron chi connectivity index (χ1n) is 4.76. The van der Waals surface area contributed by atoms with Crippen molar-refractivity contribution in [3.05, 3.63) is 53.3 Å². The van der Waals surface area contributed by atoms with E-state index < -0.39 is 5.97 Å². The van der Waals surface area contributed by atoms with Crippen molar-refractivity contribution in [2.45, 2.75) is 0 Å². The average molecular weight is 289 g/mol. The molecule has 86 valence electrons. The minimum Gasteiger partial charge on any atom is -0.543 e. The van der Waals surface area contributed by atoms with Gasteiger partial charge in [-0.2, -0.15) is 0 Å². The summed E-state index contributed by atoms with van der Waals surface area (Å²) in [4.78, 5) is 14.2. The molecule has 1 heterocycles. The van der Waals surface area contributed by atoms with Crippen LogP contribution in [0.25, 0.3) is 0 Å². The molecule has 0 unspecified atom stereocenters. The molecule has 4 nitrogen and oxygen atoms in total. The maximum absolute atomic E-state index is 10.5. The van der Waals surface area contributed by atoms with Crippen molar-refractivity contribution in [2.24, 2.45) is 0 Å². The fourth-order valence-corrected chi connectivity index (χ4v) is 1.33. The van der Waals surface area contributed by atoms with Gasteiger partial charge in [-0.25, -0.2) is 0 Å². The third-order valence-electron chi connectivity index (χ3n) is 1.99. The van der Waals surface area contributed by atoms with Gasteiger partial charge in [0.15, 0.2) is 0 Å². The second-order valence-electron chi connectivity index (χ2n) is 3.22. The van der Waals surface area contributed by atoms with E-state index in [4.69, 9.17) is 16.3 Å². The van der Waals surface area contributed by atoms with E-state index in [0.29, 0.717) is 16.5 Å². The summed E-state index contributed by atoms with van der Waals surface area (Å²) in [6.45, 7) is 0. The van der Waals surface area contributed by atoms with Gasteiger partial charge >= 0.3 is 37.7 Å². The molecule has 0 atom stereocenters. The number of halogens is 1. The molecule has 2 rings (SSSR count). The van der Waals surface area contributed by atoms with Crippen molar-refractivity contribution in [1.29, 1.82) is 0 Å². The molecular formula is C12H7CaClNO3+. The summed E-state index contributed by atoms with van der Waals surface area (Å²) in [7, 11) is 0. The molecular weight excluding hydrogens is 282 g/mol.